The van der Waals surface area contributed by atoms with Crippen molar-refractivity contribution in [2.24, 2.45) is 0 Å². The van der Waals surface area contributed by atoms with Crippen molar-refractivity contribution in [3.63, 3.8) is 0 Å². The van der Waals surface area contributed by atoms with Crippen LogP contribution >= 0.6 is 15.8 Å². The first-order valence-corrected chi connectivity index (χ1v) is 17.3. The molecule has 0 spiro atoms. The first-order chi connectivity index (χ1) is 17.8. The van der Waals surface area contributed by atoms with Gasteiger partial charge in [-0.2, -0.15) is 0 Å². The van der Waals surface area contributed by atoms with Crippen LogP contribution in [0.5, 0.6) is 0 Å². The third-order valence-electron chi connectivity index (χ3n) is 6.55. The van der Waals surface area contributed by atoms with Gasteiger partial charge in [0.1, 0.15) is 0 Å². The Kier molecular flexibility index (Phi) is 19.5. The van der Waals surface area contributed by atoms with Crippen molar-refractivity contribution in [1.82, 2.24) is 0 Å². The molecule has 0 amide bonds. The molecule has 2 aromatic rings. The van der Waals surface area contributed by atoms with Crippen LogP contribution in [0.1, 0.15) is 66.5 Å². The topological polar surface area (TPSA) is 6.48 Å². The molecule has 0 aliphatic carbocycles. The van der Waals surface area contributed by atoms with Crippen LogP contribution in [-0.2, 0) is 33.3 Å². The van der Waals surface area contributed by atoms with Gasteiger partial charge in [-0.05, 0) is 70.9 Å². The molecule has 5 heteroatoms. The van der Waals surface area contributed by atoms with Crippen molar-refractivity contribution < 1.29 is 20.4 Å². The van der Waals surface area contributed by atoms with Crippen LogP contribution in [0.25, 0.3) is 0 Å². The molecule has 0 radical (unpaired) electrons. The summed E-state index contributed by atoms with van der Waals surface area (Å²) < 4.78 is 0. The fourth-order valence-electron chi connectivity index (χ4n) is 4.36. The zero-order chi connectivity index (χ0) is 28.8. The predicted molar refractivity (Wildman–Crippen MR) is 182 cm³/mol. The Hall–Kier alpha value is -0.958. The second kappa shape index (κ2) is 20.0. The van der Waals surface area contributed by atoms with Gasteiger partial charge in [0, 0.05) is 60.0 Å². The van der Waals surface area contributed by atoms with Gasteiger partial charge < -0.3 is 9.80 Å². The standard InChI is InChI=1S/2C17H28NP.Pd/c2*1-14(2)19(15(3)4)13-7-8-16-9-11-17(12-10-16)18(5)6;/h2*7,9-15H,8H2,1-6H3;. The Morgan fingerprint density at radius 3 is 0.974 bits per heavy atom. The first-order valence-electron chi connectivity index (χ1n) is 14.2. The van der Waals surface area contributed by atoms with E-state index in [2.05, 4.69) is 166 Å². The monoisotopic (exact) mass is 660 g/mol. The molecule has 222 valence electrons. The minimum atomic E-state index is 0. The Morgan fingerprint density at radius 1 is 0.513 bits per heavy atom. The number of allylic oxidation sites excluding steroid dienone is 2. The summed E-state index contributed by atoms with van der Waals surface area (Å²) in [6.45, 7) is 18.7. The van der Waals surface area contributed by atoms with Gasteiger partial charge in [0.15, 0.2) is 0 Å². The molecule has 2 rings (SSSR count). The average Bonchev–Trinajstić information content (AvgIpc) is 2.84. The van der Waals surface area contributed by atoms with E-state index in [1.54, 1.807) is 0 Å². The number of anilines is 2. The third kappa shape index (κ3) is 15.0. The van der Waals surface area contributed by atoms with Crippen LogP contribution < -0.4 is 9.80 Å². The first kappa shape index (κ1) is 38.0. The van der Waals surface area contributed by atoms with E-state index in [9.17, 15) is 0 Å². The Bertz CT molecular complexity index is 851. The average molecular weight is 661 g/mol. The van der Waals surface area contributed by atoms with E-state index >= 15 is 0 Å². The Balaban J connectivity index is 0.000000722. The van der Waals surface area contributed by atoms with E-state index in [-0.39, 0.29) is 36.3 Å². The molecule has 0 heterocycles. The molecule has 0 atom stereocenters. The summed E-state index contributed by atoms with van der Waals surface area (Å²) >= 11 is 0. The minimum absolute atomic E-state index is 0. The zero-order valence-corrected chi connectivity index (χ0v) is 30.1. The van der Waals surface area contributed by atoms with E-state index < -0.39 is 0 Å². The smallest absolute Gasteiger partial charge is 0.0361 e. The molecule has 0 unspecified atom stereocenters. The molecule has 0 aliphatic rings. The SMILES string of the molecule is CC(C)P(C=CCc1ccc(N(C)C)cc1)C(C)C.CC(C)P(C=CCc1ccc(N(C)C)cc1)C(C)C.[Pd]. The summed E-state index contributed by atoms with van der Waals surface area (Å²) in [4.78, 5) is 4.27. The van der Waals surface area contributed by atoms with Gasteiger partial charge in [0.2, 0.25) is 0 Å². The van der Waals surface area contributed by atoms with Crippen molar-refractivity contribution in [3.05, 3.63) is 83.4 Å². The summed E-state index contributed by atoms with van der Waals surface area (Å²) in [7, 11) is 8.35. The molecule has 0 fully saturated rings. The third-order valence-corrected chi connectivity index (χ3v) is 12.4. The van der Waals surface area contributed by atoms with Gasteiger partial charge in [-0.3, -0.25) is 0 Å². The van der Waals surface area contributed by atoms with Crippen LogP contribution in [-0.4, -0.2) is 50.8 Å². The largest absolute Gasteiger partial charge is 0.378 e. The molecule has 0 saturated heterocycles. The molecule has 0 aromatic heterocycles. The number of hydrogen-bond donors (Lipinski definition) is 0. The minimum Gasteiger partial charge on any atom is -0.378 e. The molecule has 39 heavy (non-hydrogen) atoms. The van der Waals surface area contributed by atoms with E-state index in [1.807, 2.05) is 0 Å². The zero-order valence-electron chi connectivity index (χ0n) is 26.8. The molecule has 2 nitrogen and oxygen atoms in total. The Labute approximate surface area is 258 Å². The fraction of sp³-hybridized carbons (Fsp3) is 0.529. The van der Waals surface area contributed by atoms with Gasteiger partial charge in [-0.1, -0.05) is 119 Å². The molecule has 2 aromatic carbocycles. The van der Waals surface area contributed by atoms with Crippen LogP contribution in [0, 0.1) is 0 Å². The van der Waals surface area contributed by atoms with Crippen molar-refractivity contribution in [2.75, 3.05) is 38.0 Å². The maximum atomic E-state index is 2.46. The number of hydrogen-bond acceptors (Lipinski definition) is 2. The summed E-state index contributed by atoms with van der Waals surface area (Å²) in [6, 6.07) is 17.7. The second-order valence-corrected chi connectivity index (χ2v) is 18.1. The maximum Gasteiger partial charge on any atom is 0.0361 e. The van der Waals surface area contributed by atoms with Gasteiger partial charge in [0.25, 0.3) is 0 Å². The van der Waals surface area contributed by atoms with E-state index in [0.717, 1.165) is 35.5 Å². The number of benzene rings is 2. The quantitative estimate of drug-likeness (QED) is 0.165. The maximum absolute atomic E-state index is 2.46. The van der Waals surface area contributed by atoms with Gasteiger partial charge in [0.05, 0.1) is 0 Å². The summed E-state index contributed by atoms with van der Waals surface area (Å²) in [5.41, 5.74) is 8.43. The van der Waals surface area contributed by atoms with Gasteiger partial charge >= 0.3 is 0 Å². The van der Waals surface area contributed by atoms with Crippen LogP contribution in [0.4, 0.5) is 11.4 Å². The molecule has 0 bridgehead atoms. The molecular formula is C34H56N2P2Pd. The van der Waals surface area contributed by atoms with Gasteiger partial charge in [-0.15, -0.1) is 0 Å². The number of nitrogens with zero attached hydrogens (tertiary/aromatic N) is 2. The van der Waals surface area contributed by atoms with E-state index in [0.29, 0.717) is 0 Å². The Morgan fingerprint density at radius 2 is 0.769 bits per heavy atom. The normalized spacial score (nSPS) is 11.7. The summed E-state index contributed by atoms with van der Waals surface area (Å²) in [6.07, 6.45) is 6.81. The second-order valence-electron chi connectivity index (χ2n) is 11.6. The van der Waals surface area contributed by atoms with Crippen LogP contribution in [0.2, 0.25) is 0 Å². The van der Waals surface area contributed by atoms with Crippen LogP contribution in [0.3, 0.4) is 0 Å². The molecule has 0 N–H and O–H groups in total. The molecular weight excluding hydrogens is 605 g/mol. The van der Waals surface area contributed by atoms with Crippen molar-refractivity contribution in [3.8, 4) is 0 Å². The van der Waals surface area contributed by atoms with Crippen molar-refractivity contribution in [1.29, 1.82) is 0 Å². The number of rotatable bonds is 12. The van der Waals surface area contributed by atoms with E-state index in [1.165, 1.54) is 22.5 Å². The van der Waals surface area contributed by atoms with Gasteiger partial charge in [-0.25, -0.2) is 0 Å². The van der Waals surface area contributed by atoms with Crippen molar-refractivity contribution in [2.45, 2.75) is 90.9 Å². The van der Waals surface area contributed by atoms with Crippen molar-refractivity contribution >= 4 is 27.2 Å². The van der Waals surface area contributed by atoms with E-state index in [4.69, 9.17) is 0 Å². The van der Waals surface area contributed by atoms with Crippen LogP contribution in [0.15, 0.2) is 72.3 Å². The molecule has 0 saturated carbocycles. The predicted octanol–water partition coefficient (Wildman–Crippen LogP) is 10.2. The summed E-state index contributed by atoms with van der Waals surface area (Å²) in [5, 5.41) is 0. The fourth-order valence-corrected chi connectivity index (χ4v) is 8.82. The molecule has 0 aliphatic heterocycles. The summed E-state index contributed by atoms with van der Waals surface area (Å²) in [5.74, 6) is 4.93.